The van der Waals surface area contributed by atoms with Crippen LogP contribution < -0.4 is 9.80 Å². The summed E-state index contributed by atoms with van der Waals surface area (Å²) in [7, 11) is 0. The second-order valence-electron chi connectivity index (χ2n) is 8.71. The highest BCUT2D eigenvalue weighted by Gasteiger charge is 2.29. The SMILES string of the molecule is O=[N+]([O-])c1ccc2c(c1)Sc1cc(N3c4ccccc4Sc4ccccc43)ccc1N2c1ccccc1. The number of nitro benzene ring substituents is 1. The van der Waals surface area contributed by atoms with Crippen molar-refractivity contribution in [1.29, 1.82) is 0 Å². The van der Waals surface area contributed by atoms with Crippen molar-refractivity contribution in [3.05, 3.63) is 125 Å². The lowest BCUT2D eigenvalue weighted by atomic mass is 10.1. The van der Waals surface area contributed by atoms with Gasteiger partial charge in [0.25, 0.3) is 5.69 Å². The second-order valence-corrected chi connectivity index (χ2v) is 10.9. The quantitative estimate of drug-likeness (QED) is 0.172. The molecule has 0 saturated heterocycles. The van der Waals surface area contributed by atoms with E-state index in [1.165, 1.54) is 9.79 Å². The van der Waals surface area contributed by atoms with Gasteiger partial charge >= 0.3 is 0 Å². The monoisotopic (exact) mass is 517 g/mol. The lowest BCUT2D eigenvalue weighted by Gasteiger charge is -2.36. The Morgan fingerprint density at radius 3 is 1.70 bits per heavy atom. The molecule has 37 heavy (non-hydrogen) atoms. The molecule has 0 fully saturated rings. The lowest BCUT2D eigenvalue weighted by molar-refractivity contribution is -0.385. The Labute approximate surface area is 222 Å². The first-order chi connectivity index (χ1) is 18.2. The van der Waals surface area contributed by atoms with Gasteiger partial charge in [0.2, 0.25) is 0 Å². The van der Waals surface area contributed by atoms with Crippen LogP contribution in [0.1, 0.15) is 0 Å². The number of hydrogen-bond donors (Lipinski definition) is 0. The van der Waals surface area contributed by atoms with Crippen LogP contribution in [0, 0.1) is 10.1 Å². The van der Waals surface area contributed by atoms with Gasteiger partial charge in [-0.15, -0.1) is 0 Å². The summed E-state index contributed by atoms with van der Waals surface area (Å²) < 4.78 is 0. The standard InChI is InChI=1S/C30H19N3O2S2/c34-33(35)22-15-17-26-30(19-22)37-29-18-21(14-16-25(29)31(26)20-8-2-1-3-9-20)32-23-10-4-6-12-27(23)36-28-13-7-5-11-24(28)32/h1-19H. The van der Waals surface area contributed by atoms with Gasteiger partial charge in [-0.05, 0) is 60.7 Å². The highest BCUT2D eigenvalue weighted by Crippen LogP contribution is 2.55. The zero-order chi connectivity index (χ0) is 24.9. The van der Waals surface area contributed by atoms with Gasteiger partial charge in [-0.25, -0.2) is 0 Å². The van der Waals surface area contributed by atoms with Gasteiger partial charge in [0.1, 0.15) is 0 Å². The lowest BCUT2D eigenvalue weighted by Crippen LogP contribution is -2.17. The highest BCUT2D eigenvalue weighted by atomic mass is 32.2. The maximum Gasteiger partial charge on any atom is 0.270 e. The van der Waals surface area contributed by atoms with E-state index in [9.17, 15) is 10.1 Å². The molecule has 0 radical (unpaired) electrons. The van der Waals surface area contributed by atoms with Gasteiger partial charge in [-0.2, -0.15) is 0 Å². The van der Waals surface area contributed by atoms with Crippen molar-refractivity contribution in [2.75, 3.05) is 9.80 Å². The van der Waals surface area contributed by atoms with Crippen molar-refractivity contribution >= 4 is 63.3 Å². The van der Waals surface area contributed by atoms with Gasteiger partial charge in [-0.1, -0.05) is 66.0 Å². The van der Waals surface area contributed by atoms with Crippen LogP contribution in [0.4, 0.5) is 39.8 Å². The minimum Gasteiger partial charge on any atom is -0.308 e. The molecule has 2 aliphatic heterocycles. The molecule has 0 atom stereocenters. The van der Waals surface area contributed by atoms with E-state index in [0.717, 1.165) is 43.9 Å². The molecule has 2 heterocycles. The molecule has 0 saturated carbocycles. The fraction of sp³-hybridized carbons (Fsp3) is 0. The van der Waals surface area contributed by atoms with Crippen LogP contribution in [0.25, 0.3) is 0 Å². The molecule has 0 unspecified atom stereocenters. The number of hydrogen-bond acceptors (Lipinski definition) is 6. The van der Waals surface area contributed by atoms with Crippen molar-refractivity contribution < 1.29 is 4.92 Å². The number of nitrogens with zero attached hydrogens (tertiary/aromatic N) is 3. The van der Waals surface area contributed by atoms with Gasteiger partial charge in [0.15, 0.2) is 0 Å². The molecule has 5 aromatic carbocycles. The number of benzene rings is 5. The van der Waals surface area contributed by atoms with Crippen LogP contribution in [0.2, 0.25) is 0 Å². The number of non-ortho nitro benzene ring substituents is 1. The summed E-state index contributed by atoms with van der Waals surface area (Å²) in [6, 6.07) is 38.6. The van der Waals surface area contributed by atoms with Crippen LogP contribution in [0.15, 0.2) is 135 Å². The van der Waals surface area contributed by atoms with Crippen molar-refractivity contribution in [2.24, 2.45) is 0 Å². The predicted octanol–water partition coefficient (Wildman–Crippen LogP) is 9.46. The van der Waals surface area contributed by atoms with E-state index in [0.29, 0.717) is 0 Å². The van der Waals surface area contributed by atoms with E-state index in [4.69, 9.17) is 0 Å². The number of fused-ring (bicyclic) bond motifs is 4. The maximum absolute atomic E-state index is 11.6. The minimum absolute atomic E-state index is 0.0924. The van der Waals surface area contributed by atoms with Crippen molar-refractivity contribution in [3.63, 3.8) is 0 Å². The predicted molar refractivity (Wildman–Crippen MR) is 151 cm³/mol. The first kappa shape index (κ1) is 22.0. The Bertz CT molecular complexity index is 1640. The molecule has 0 spiro atoms. The number of rotatable bonds is 3. The van der Waals surface area contributed by atoms with E-state index < -0.39 is 0 Å². The number of anilines is 6. The van der Waals surface area contributed by atoms with E-state index in [2.05, 4.69) is 88.7 Å². The molecular weight excluding hydrogens is 498 g/mol. The van der Waals surface area contributed by atoms with Gasteiger partial charge in [0, 0.05) is 43.1 Å². The molecule has 2 aliphatic rings. The largest absolute Gasteiger partial charge is 0.308 e. The molecule has 5 aromatic rings. The molecule has 7 heteroatoms. The highest BCUT2D eigenvalue weighted by molar-refractivity contribution is 8.00. The Morgan fingerprint density at radius 1 is 0.514 bits per heavy atom. The summed E-state index contributed by atoms with van der Waals surface area (Å²) in [5, 5.41) is 11.6. The summed E-state index contributed by atoms with van der Waals surface area (Å²) in [4.78, 5) is 20.0. The van der Waals surface area contributed by atoms with Crippen LogP contribution in [0.3, 0.4) is 0 Å². The molecule has 7 rings (SSSR count). The molecule has 0 aliphatic carbocycles. The summed E-state index contributed by atoms with van der Waals surface area (Å²) in [6.45, 7) is 0. The van der Waals surface area contributed by atoms with Crippen molar-refractivity contribution in [1.82, 2.24) is 0 Å². The first-order valence-corrected chi connectivity index (χ1v) is 13.4. The molecule has 0 bridgehead atoms. The van der Waals surface area contributed by atoms with E-state index in [1.807, 2.05) is 24.3 Å². The van der Waals surface area contributed by atoms with Gasteiger partial charge in [-0.3, -0.25) is 10.1 Å². The Morgan fingerprint density at radius 2 is 1.03 bits per heavy atom. The Balaban J connectivity index is 1.41. The fourth-order valence-corrected chi connectivity index (χ4v) is 7.06. The zero-order valence-corrected chi connectivity index (χ0v) is 21.1. The average molecular weight is 518 g/mol. The smallest absolute Gasteiger partial charge is 0.270 e. The van der Waals surface area contributed by atoms with E-state index in [1.54, 1.807) is 35.7 Å². The minimum atomic E-state index is -0.334. The van der Waals surface area contributed by atoms with Crippen LogP contribution >= 0.6 is 23.5 Å². The zero-order valence-electron chi connectivity index (χ0n) is 19.4. The van der Waals surface area contributed by atoms with Crippen molar-refractivity contribution in [3.8, 4) is 0 Å². The number of para-hydroxylation sites is 3. The summed E-state index contributed by atoms with van der Waals surface area (Å²) in [5.41, 5.74) is 6.42. The van der Waals surface area contributed by atoms with Gasteiger partial charge < -0.3 is 9.80 Å². The van der Waals surface area contributed by atoms with Gasteiger partial charge in [0.05, 0.1) is 27.7 Å². The molecule has 178 valence electrons. The fourth-order valence-electron chi connectivity index (χ4n) is 4.88. The molecule has 5 nitrogen and oxygen atoms in total. The average Bonchev–Trinajstić information content (AvgIpc) is 2.94. The summed E-state index contributed by atoms with van der Waals surface area (Å²) in [5.74, 6) is 0. The summed E-state index contributed by atoms with van der Waals surface area (Å²) >= 11 is 3.36. The summed E-state index contributed by atoms with van der Waals surface area (Å²) in [6.07, 6.45) is 0. The Hall–Kier alpha value is -4.20. The third kappa shape index (κ3) is 3.66. The van der Waals surface area contributed by atoms with E-state index >= 15 is 0 Å². The molecule has 0 N–H and O–H groups in total. The molecule has 0 amide bonds. The topological polar surface area (TPSA) is 49.6 Å². The second kappa shape index (κ2) is 8.73. The van der Waals surface area contributed by atoms with E-state index in [-0.39, 0.29) is 10.6 Å². The van der Waals surface area contributed by atoms with Crippen LogP contribution in [-0.2, 0) is 0 Å². The normalized spacial score (nSPS) is 13.3. The van der Waals surface area contributed by atoms with Crippen LogP contribution in [0.5, 0.6) is 0 Å². The van der Waals surface area contributed by atoms with Crippen LogP contribution in [-0.4, -0.2) is 4.92 Å². The maximum atomic E-state index is 11.6. The number of nitro groups is 1. The Kier molecular flexibility index (Phi) is 5.20. The first-order valence-electron chi connectivity index (χ1n) is 11.8. The third-order valence-corrected chi connectivity index (χ3v) is 8.73. The third-order valence-electron chi connectivity index (χ3n) is 6.50. The molecule has 0 aromatic heterocycles. The molecular formula is C30H19N3O2S2. The van der Waals surface area contributed by atoms with Crippen molar-refractivity contribution in [2.45, 2.75) is 19.6 Å².